The number of ether oxygens (including phenoxy) is 2. The van der Waals surface area contributed by atoms with Gasteiger partial charge < -0.3 is 25.0 Å². The monoisotopic (exact) mass is 490 g/mol. The van der Waals surface area contributed by atoms with Gasteiger partial charge >= 0.3 is 0 Å². The third kappa shape index (κ3) is 7.73. The van der Waals surface area contributed by atoms with Crippen molar-refractivity contribution in [1.29, 1.82) is 0 Å². The molecule has 0 spiro atoms. The van der Waals surface area contributed by atoms with E-state index < -0.39 is 0 Å². The lowest BCUT2D eigenvalue weighted by Gasteiger charge is -2.23. The van der Waals surface area contributed by atoms with Crippen LogP contribution in [0, 0.1) is 0 Å². The summed E-state index contributed by atoms with van der Waals surface area (Å²) in [6.45, 7) is 7.22. The Labute approximate surface area is 181 Å². The molecule has 1 aliphatic carbocycles. The van der Waals surface area contributed by atoms with E-state index in [0.29, 0.717) is 12.4 Å². The smallest absolute Gasteiger partial charge is 0.195 e. The minimum Gasteiger partial charge on any atom is -0.493 e. The third-order valence-corrected chi connectivity index (χ3v) is 4.74. The second-order valence-electron chi connectivity index (χ2n) is 6.60. The fourth-order valence-corrected chi connectivity index (χ4v) is 3.31. The fourth-order valence-electron chi connectivity index (χ4n) is 3.31. The van der Waals surface area contributed by atoms with Crippen LogP contribution in [0.3, 0.4) is 0 Å². The lowest BCUT2D eigenvalue weighted by atomic mass is 10.2. The average Bonchev–Trinajstić information content (AvgIpc) is 3.18. The van der Waals surface area contributed by atoms with Gasteiger partial charge in [-0.2, -0.15) is 0 Å². The highest BCUT2D eigenvalue weighted by Gasteiger charge is 2.18. The van der Waals surface area contributed by atoms with Crippen molar-refractivity contribution in [2.45, 2.75) is 45.6 Å². The molecule has 0 heterocycles. The van der Waals surface area contributed by atoms with E-state index in [9.17, 15) is 0 Å². The summed E-state index contributed by atoms with van der Waals surface area (Å²) in [5.41, 5.74) is 0.925. The molecule has 0 aromatic heterocycles. The molecule has 0 unspecified atom stereocenters. The van der Waals surface area contributed by atoms with Gasteiger partial charge in [0.15, 0.2) is 17.5 Å². The van der Waals surface area contributed by atoms with Crippen LogP contribution in [0.1, 0.15) is 39.5 Å². The van der Waals surface area contributed by atoms with Gasteiger partial charge in [0, 0.05) is 30.9 Å². The molecule has 0 aliphatic heterocycles. The highest BCUT2D eigenvalue weighted by Crippen LogP contribution is 2.30. The largest absolute Gasteiger partial charge is 0.493 e. The van der Waals surface area contributed by atoms with Gasteiger partial charge in [0.1, 0.15) is 0 Å². The number of anilines is 1. The minimum absolute atomic E-state index is 0. The molecular weight excluding hydrogens is 455 g/mol. The van der Waals surface area contributed by atoms with Crippen LogP contribution in [-0.2, 0) is 0 Å². The predicted octanol–water partition coefficient (Wildman–Crippen LogP) is 3.96. The Morgan fingerprint density at radius 2 is 1.96 bits per heavy atom. The highest BCUT2D eigenvalue weighted by atomic mass is 127. The number of rotatable bonds is 9. The Morgan fingerprint density at radius 3 is 2.59 bits per heavy atom. The molecule has 27 heavy (non-hydrogen) atoms. The van der Waals surface area contributed by atoms with Gasteiger partial charge in [-0.05, 0) is 45.9 Å². The quantitative estimate of drug-likeness (QED) is 0.312. The van der Waals surface area contributed by atoms with Crippen molar-refractivity contribution in [3.63, 3.8) is 0 Å². The molecule has 0 amide bonds. The number of likely N-dealkylation sites (N-methyl/N-ethyl adjacent to an activating group) is 1. The van der Waals surface area contributed by atoms with Crippen molar-refractivity contribution in [3.05, 3.63) is 18.2 Å². The summed E-state index contributed by atoms with van der Waals surface area (Å²) in [7, 11) is 3.86. The number of nitrogens with one attached hydrogen (secondary N) is 2. The first-order valence-electron chi connectivity index (χ1n) is 9.74. The Kier molecular flexibility index (Phi) is 11.5. The van der Waals surface area contributed by atoms with E-state index in [2.05, 4.69) is 29.5 Å². The van der Waals surface area contributed by atoms with Crippen LogP contribution >= 0.6 is 24.0 Å². The third-order valence-electron chi connectivity index (χ3n) is 4.74. The van der Waals surface area contributed by atoms with E-state index in [1.807, 2.05) is 25.1 Å². The molecule has 1 fully saturated rings. The summed E-state index contributed by atoms with van der Waals surface area (Å²) in [4.78, 5) is 7.16. The molecule has 0 saturated heterocycles. The van der Waals surface area contributed by atoms with Crippen LogP contribution in [0.15, 0.2) is 23.2 Å². The van der Waals surface area contributed by atoms with Gasteiger partial charge in [-0.3, -0.25) is 4.99 Å². The standard InChI is InChI=1S/C20H34N4O2.HI/c1-5-21-20(22-13-14-24(3)17-9-7-8-10-17)23-16-11-12-18(26-6-2)19(15-16)25-4;/h11-12,15,17H,5-10,13-14H2,1-4H3,(H2,21,22,23);1H. The zero-order valence-electron chi connectivity index (χ0n) is 17.1. The summed E-state index contributed by atoms with van der Waals surface area (Å²) in [6.07, 6.45) is 5.37. The molecule has 6 nitrogen and oxygen atoms in total. The summed E-state index contributed by atoms with van der Waals surface area (Å²) in [5, 5.41) is 6.65. The zero-order chi connectivity index (χ0) is 18.8. The fraction of sp³-hybridized carbons (Fsp3) is 0.650. The first-order valence-corrected chi connectivity index (χ1v) is 9.74. The second-order valence-corrected chi connectivity index (χ2v) is 6.60. The molecule has 1 aromatic rings. The van der Waals surface area contributed by atoms with Crippen LogP contribution in [-0.4, -0.2) is 57.3 Å². The van der Waals surface area contributed by atoms with Gasteiger partial charge in [0.05, 0.1) is 20.3 Å². The summed E-state index contributed by atoms with van der Waals surface area (Å²) in [5.74, 6) is 2.26. The maximum Gasteiger partial charge on any atom is 0.195 e. The molecule has 0 radical (unpaired) electrons. The van der Waals surface area contributed by atoms with Crippen LogP contribution in [0.5, 0.6) is 11.5 Å². The van der Waals surface area contributed by atoms with Crippen molar-refractivity contribution in [2.24, 2.45) is 4.99 Å². The minimum atomic E-state index is 0. The Morgan fingerprint density at radius 1 is 1.22 bits per heavy atom. The van der Waals surface area contributed by atoms with Crippen molar-refractivity contribution < 1.29 is 9.47 Å². The lowest BCUT2D eigenvalue weighted by Crippen LogP contribution is -2.34. The van der Waals surface area contributed by atoms with Crippen molar-refractivity contribution in [2.75, 3.05) is 45.7 Å². The van der Waals surface area contributed by atoms with Crippen LogP contribution in [0.2, 0.25) is 0 Å². The molecule has 0 bridgehead atoms. The van der Waals surface area contributed by atoms with E-state index in [-0.39, 0.29) is 24.0 Å². The van der Waals surface area contributed by atoms with Gasteiger partial charge in [-0.15, -0.1) is 24.0 Å². The summed E-state index contributed by atoms with van der Waals surface area (Å²) >= 11 is 0. The van der Waals surface area contributed by atoms with E-state index >= 15 is 0 Å². The first kappa shape index (κ1) is 23.8. The topological polar surface area (TPSA) is 58.1 Å². The van der Waals surface area contributed by atoms with Gasteiger partial charge in [-0.25, -0.2) is 0 Å². The number of methoxy groups -OCH3 is 1. The molecule has 0 atom stereocenters. The number of halogens is 1. The lowest BCUT2D eigenvalue weighted by molar-refractivity contribution is 0.252. The van der Waals surface area contributed by atoms with Crippen molar-refractivity contribution in [3.8, 4) is 11.5 Å². The highest BCUT2D eigenvalue weighted by molar-refractivity contribution is 14.0. The Bertz CT molecular complexity index is 577. The summed E-state index contributed by atoms with van der Waals surface area (Å²) in [6, 6.07) is 6.56. The maximum absolute atomic E-state index is 5.57. The molecule has 2 rings (SSSR count). The van der Waals surface area contributed by atoms with Crippen LogP contribution < -0.4 is 20.1 Å². The summed E-state index contributed by atoms with van der Waals surface area (Å²) < 4.78 is 11.0. The SMILES string of the molecule is CCNC(=NCCN(C)C1CCCC1)Nc1ccc(OCC)c(OC)c1.I. The number of hydrogen-bond donors (Lipinski definition) is 2. The van der Waals surface area contributed by atoms with Crippen molar-refractivity contribution >= 4 is 35.6 Å². The van der Waals surface area contributed by atoms with Crippen LogP contribution in [0.25, 0.3) is 0 Å². The number of benzene rings is 1. The Balaban J connectivity index is 0.00000364. The van der Waals surface area contributed by atoms with E-state index in [0.717, 1.165) is 43.1 Å². The van der Waals surface area contributed by atoms with E-state index in [1.54, 1.807) is 7.11 Å². The molecule has 1 saturated carbocycles. The molecule has 7 heteroatoms. The van der Waals surface area contributed by atoms with Crippen molar-refractivity contribution in [1.82, 2.24) is 10.2 Å². The maximum atomic E-state index is 5.57. The Hall–Kier alpha value is -1.22. The molecule has 2 N–H and O–H groups in total. The zero-order valence-corrected chi connectivity index (χ0v) is 19.4. The number of guanidine groups is 1. The first-order chi connectivity index (χ1) is 12.7. The molecule has 1 aromatic carbocycles. The number of aliphatic imine (C=N–C) groups is 1. The average molecular weight is 490 g/mol. The van der Waals surface area contributed by atoms with Gasteiger partial charge in [0.25, 0.3) is 0 Å². The molecular formula is C20H35IN4O2. The number of nitrogens with zero attached hydrogens (tertiary/aromatic N) is 2. The van der Waals surface area contributed by atoms with Gasteiger partial charge in [-0.1, -0.05) is 12.8 Å². The van der Waals surface area contributed by atoms with Gasteiger partial charge in [0.2, 0.25) is 0 Å². The van der Waals surface area contributed by atoms with E-state index in [1.165, 1.54) is 25.7 Å². The molecule has 154 valence electrons. The molecule has 1 aliphatic rings. The van der Waals surface area contributed by atoms with Crippen LogP contribution in [0.4, 0.5) is 5.69 Å². The number of hydrogen-bond acceptors (Lipinski definition) is 4. The predicted molar refractivity (Wildman–Crippen MR) is 124 cm³/mol. The normalized spacial score (nSPS) is 14.8. The van der Waals surface area contributed by atoms with E-state index in [4.69, 9.17) is 14.5 Å². The second kappa shape index (κ2) is 13.0.